The van der Waals surface area contributed by atoms with E-state index >= 15 is 0 Å². The molecule has 0 radical (unpaired) electrons. The Bertz CT molecular complexity index is 1010. The molecular formula is C19H16Br2N6. The molecule has 0 aliphatic rings. The molecule has 136 valence electrons. The first-order valence-corrected chi connectivity index (χ1v) is 9.90. The Labute approximate surface area is 173 Å². The van der Waals surface area contributed by atoms with Gasteiger partial charge in [0, 0.05) is 17.8 Å². The van der Waals surface area contributed by atoms with Crippen molar-refractivity contribution in [2.75, 3.05) is 0 Å². The molecule has 4 heterocycles. The van der Waals surface area contributed by atoms with Crippen LogP contribution in [-0.2, 0) is 5.41 Å². The monoisotopic (exact) mass is 486 g/mol. The lowest BCUT2D eigenvalue weighted by Gasteiger charge is -2.24. The second-order valence-corrected chi connectivity index (χ2v) is 8.18. The summed E-state index contributed by atoms with van der Waals surface area (Å²) in [6.45, 7) is 4.23. The molecule has 8 heteroatoms. The second kappa shape index (κ2) is 7.01. The third-order valence-corrected chi connectivity index (χ3v) is 5.18. The standard InChI is InChI=1S/C19H16Br2N6/c1-19(2,13-5-3-7-17(22-13)26-11-9-15(20)24-26)14-6-4-8-18(23-14)27-12-10-16(21)25-27/h3-12H,1-2H3. The van der Waals surface area contributed by atoms with Gasteiger partial charge in [0.1, 0.15) is 9.21 Å². The van der Waals surface area contributed by atoms with Crippen LogP contribution in [0.1, 0.15) is 25.2 Å². The minimum absolute atomic E-state index is 0.388. The molecule has 0 N–H and O–H groups in total. The highest BCUT2D eigenvalue weighted by Crippen LogP contribution is 2.30. The smallest absolute Gasteiger partial charge is 0.153 e. The molecule has 0 bridgehead atoms. The zero-order valence-corrected chi connectivity index (χ0v) is 17.9. The highest BCUT2D eigenvalue weighted by Gasteiger charge is 2.27. The van der Waals surface area contributed by atoms with Crippen molar-refractivity contribution < 1.29 is 0 Å². The van der Waals surface area contributed by atoms with Gasteiger partial charge in [-0.2, -0.15) is 10.2 Å². The Balaban J connectivity index is 1.73. The van der Waals surface area contributed by atoms with E-state index in [1.165, 1.54) is 0 Å². The van der Waals surface area contributed by atoms with Crippen molar-refractivity contribution >= 4 is 31.9 Å². The van der Waals surface area contributed by atoms with Crippen molar-refractivity contribution in [1.82, 2.24) is 29.5 Å². The summed E-state index contributed by atoms with van der Waals surface area (Å²) < 4.78 is 5.03. The number of rotatable bonds is 4. The van der Waals surface area contributed by atoms with E-state index in [4.69, 9.17) is 9.97 Å². The fourth-order valence-corrected chi connectivity index (χ4v) is 3.37. The topological polar surface area (TPSA) is 61.4 Å². The molecule has 0 atom stereocenters. The Morgan fingerprint density at radius 2 is 1.15 bits per heavy atom. The third-order valence-electron chi connectivity index (χ3n) is 4.33. The van der Waals surface area contributed by atoms with Crippen molar-refractivity contribution in [1.29, 1.82) is 0 Å². The zero-order valence-electron chi connectivity index (χ0n) is 14.7. The van der Waals surface area contributed by atoms with E-state index in [-0.39, 0.29) is 5.41 Å². The van der Waals surface area contributed by atoms with Crippen LogP contribution in [0.3, 0.4) is 0 Å². The average molecular weight is 488 g/mol. The number of halogens is 2. The van der Waals surface area contributed by atoms with E-state index in [0.29, 0.717) is 0 Å². The summed E-state index contributed by atoms with van der Waals surface area (Å²) in [6.07, 6.45) is 3.75. The van der Waals surface area contributed by atoms with Gasteiger partial charge < -0.3 is 0 Å². The molecule has 0 amide bonds. The summed E-state index contributed by atoms with van der Waals surface area (Å²) >= 11 is 6.75. The minimum atomic E-state index is -0.388. The van der Waals surface area contributed by atoms with Crippen LogP contribution in [-0.4, -0.2) is 29.5 Å². The zero-order chi connectivity index (χ0) is 19.0. The van der Waals surface area contributed by atoms with Gasteiger partial charge in [-0.3, -0.25) is 0 Å². The summed E-state index contributed by atoms with van der Waals surface area (Å²) in [5.41, 5.74) is 1.44. The third kappa shape index (κ3) is 3.59. The predicted molar refractivity (Wildman–Crippen MR) is 110 cm³/mol. The molecule has 0 aromatic carbocycles. The molecule has 0 fully saturated rings. The van der Waals surface area contributed by atoms with Gasteiger partial charge in [-0.1, -0.05) is 12.1 Å². The van der Waals surface area contributed by atoms with Gasteiger partial charge in [-0.15, -0.1) is 0 Å². The largest absolute Gasteiger partial charge is 0.233 e. The van der Waals surface area contributed by atoms with E-state index in [1.807, 2.05) is 60.9 Å². The van der Waals surface area contributed by atoms with Crippen LogP contribution in [0.2, 0.25) is 0 Å². The molecule has 0 saturated carbocycles. The fraction of sp³-hybridized carbons (Fsp3) is 0.158. The van der Waals surface area contributed by atoms with Crippen molar-refractivity contribution in [3.05, 3.63) is 81.5 Å². The van der Waals surface area contributed by atoms with Gasteiger partial charge in [0.25, 0.3) is 0 Å². The maximum absolute atomic E-state index is 4.82. The Morgan fingerprint density at radius 1 is 0.704 bits per heavy atom. The predicted octanol–water partition coefficient (Wildman–Crippen LogP) is 4.70. The van der Waals surface area contributed by atoms with Crippen LogP contribution in [0.5, 0.6) is 0 Å². The maximum Gasteiger partial charge on any atom is 0.153 e. The van der Waals surface area contributed by atoms with Gasteiger partial charge in [-0.05, 0) is 82.1 Å². The molecular weight excluding hydrogens is 472 g/mol. The maximum atomic E-state index is 4.82. The van der Waals surface area contributed by atoms with Crippen molar-refractivity contribution in [2.24, 2.45) is 0 Å². The van der Waals surface area contributed by atoms with Crippen molar-refractivity contribution in [3.8, 4) is 11.6 Å². The van der Waals surface area contributed by atoms with Gasteiger partial charge >= 0.3 is 0 Å². The molecule has 6 nitrogen and oxygen atoms in total. The van der Waals surface area contributed by atoms with Crippen LogP contribution in [0.25, 0.3) is 11.6 Å². The molecule has 4 aromatic rings. The summed E-state index contributed by atoms with van der Waals surface area (Å²) in [5.74, 6) is 1.52. The van der Waals surface area contributed by atoms with E-state index in [0.717, 1.165) is 32.2 Å². The Morgan fingerprint density at radius 3 is 1.52 bits per heavy atom. The summed E-state index contributed by atoms with van der Waals surface area (Å²) in [7, 11) is 0. The average Bonchev–Trinajstić information content (AvgIpc) is 3.30. The number of hydrogen-bond acceptors (Lipinski definition) is 4. The van der Waals surface area contributed by atoms with Crippen LogP contribution in [0, 0.1) is 0 Å². The molecule has 0 saturated heterocycles. The quantitative estimate of drug-likeness (QED) is 0.418. The lowest BCUT2D eigenvalue weighted by molar-refractivity contribution is 0.588. The fourth-order valence-electron chi connectivity index (χ4n) is 2.79. The molecule has 0 spiro atoms. The molecule has 4 rings (SSSR count). The van der Waals surface area contributed by atoms with Gasteiger partial charge in [0.15, 0.2) is 11.6 Å². The Hall–Kier alpha value is -2.32. The van der Waals surface area contributed by atoms with E-state index in [1.54, 1.807) is 9.36 Å². The normalized spacial score (nSPS) is 11.7. The Kier molecular flexibility index (Phi) is 4.69. The van der Waals surface area contributed by atoms with Gasteiger partial charge in [0.2, 0.25) is 0 Å². The SMILES string of the molecule is CC(C)(c1cccc(-n2ccc(Br)n2)n1)c1cccc(-n2ccc(Br)n2)n1. The molecule has 0 aliphatic heterocycles. The van der Waals surface area contributed by atoms with Crippen LogP contribution in [0.15, 0.2) is 70.1 Å². The molecule has 4 aromatic heterocycles. The van der Waals surface area contributed by atoms with Crippen molar-refractivity contribution in [2.45, 2.75) is 19.3 Å². The molecule has 27 heavy (non-hydrogen) atoms. The number of nitrogens with zero attached hydrogens (tertiary/aromatic N) is 6. The van der Waals surface area contributed by atoms with E-state index in [2.05, 4.69) is 55.9 Å². The van der Waals surface area contributed by atoms with Crippen LogP contribution >= 0.6 is 31.9 Å². The van der Waals surface area contributed by atoms with E-state index < -0.39 is 0 Å². The number of pyridine rings is 2. The first kappa shape index (κ1) is 18.1. The molecule has 0 unspecified atom stereocenters. The highest BCUT2D eigenvalue weighted by atomic mass is 79.9. The second-order valence-electron chi connectivity index (χ2n) is 6.55. The number of hydrogen-bond donors (Lipinski definition) is 0. The molecule has 0 aliphatic carbocycles. The first-order chi connectivity index (χ1) is 12.9. The highest BCUT2D eigenvalue weighted by molar-refractivity contribution is 9.10. The minimum Gasteiger partial charge on any atom is -0.233 e. The van der Waals surface area contributed by atoms with Gasteiger partial charge in [-0.25, -0.2) is 19.3 Å². The summed E-state index contributed by atoms with van der Waals surface area (Å²) in [5, 5.41) is 8.74. The van der Waals surface area contributed by atoms with Crippen LogP contribution < -0.4 is 0 Å². The first-order valence-electron chi connectivity index (χ1n) is 8.32. The summed E-state index contributed by atoms with van der Waals surface area (Å²) in [4.78, 5) is 9.64. The van der Waals surface area contributed by atoms with Crippen LogP contribution in [0.4, 0.5) is 0 Å². The van der Waals surface area contributed by atoms with Crippen molar-refractivity contribution in [3.63, 3.8) is 0 Å². The summed E-state index contributed by atoms with van der Waals surface area (Å²) in [6, 6.07) is 15.6. The lowest BCUT2D eigenvalue weighted by Crippen LogP contribution is -2.23. The van der Waals surface area contributed by atoms with Gasteiger partial charge in [0.05, 0.1) is 11.4 Å². The number of aromatic nitrogens is 6. The lowest BCUT2D eigenvalue weighted by atomic mass is 9.84. The van der Waals surface area contributed by atoms with E-state index in [9.17, 15) is 0 Å².